The fourth-order valence-electron chi connectivity index (χ4n) is 7.23. The molecular weight excluding hydrogens is 541 g/mol. The van der Waals surface area contributed by atoms with E-state index in [4.69, 9.17) is 8.85 Å². The number of rotatable bonds is 9. The Labute approximate surface area is 256 Å². The lowest BCUT2D eigenvalue weighted by atomic mass is 9.41. The van der Waals surface area contributed by atoms with Gasteiger partial charge in [0.05, 0.1) is 17.6 Å². The predicted octanol–water partition coefficient (Wildman–Crippen LogP) is 9.26. The second kappa shape index (κ2) is 11.6. The smallest absolute Gasteiger partial charge is 0.192 e. The average Bonchev–Trinajstić information content (AvgIpc) is 2.82. The summed E-state index contributed by atoms with van der Waals surface area (Å²) < 4.78 is 14.3. The number of unbranched alkanes of at least 4 members (excludes halogenated alkanes) is 1. The largest absolute Gasteiger partial charge is 0.416 e. The Morgan fingerprint density at radius 1 is 0.780 bits per heavy atom. The van der Waals surface area contributed by atoms with E-state index in [-0.39, 0.29) is 27.3 Å². The molecule has 0 spiro atoms. The van der Waals surface area contributed by atoms with E-state index in [0.29, 0.717) is 13.2 Å². The van der Waals surface area contributed by atoms with Gasteiger partial charge in [-0.15, -0.1) is 0 Å². The average molecular weight is 607 g/mol. The van der Waals surface area contributed by atoms with Crippen LogP contribution in [0.5, 0.6) is 0 Å². The highest BCUT2D eigenvalue weighted by molar-refractivity contribution is 6.74. The SMILES string of the molecule is CCCC[C@H]1C=C2CCCC3=C[C@@H](C(C)(C)C)[C@@H](O)[C@@](CO[Si](C)(C)C(C)(C)C)([C@H]1O)[C@@]23CO[Si](C)(C)C(C)(C)C. The zero-order valence-corrected chi connectivity index (χ0v) is 31.3. The molecule has 3 rings (SSSR count). The van der Waals surface area contributed by atoms with Crippen molar-refractivity contribution in [3.05, 3.63) is 23.3 Å². The Balaban J connectivity index is 2.35. The minimum atomic E-state index is -2.20. The van der Waals surface area contributed by atoms with Crippen molar-refractivity contribution >= 4 is 16.6 Å². The van der Waals surface area contributed by atoms with E-state index in [0.717, 1.165) is 38.5 Å². The molecule has 0 radical (unpaired) electrons. The predicted molar refractivity (Wildman–Crippen MR) is 179 cm³/mol. The topological polar surface area (TPSA) is 58.9 Å². The molecule has 0 aromatic rings. The molecule has 0 bridgehead atoms. The van der Waals surface area contributed by atoms with Crippen molar-refractivity contribution in [3.8, 4) is 0 Å². The van der Waals surface area contributed by atoms with Gasteiger partial charge in [-0.3, -0.25) is 0 Å². The third-order valence-electron chi connectivity index (χ3n) is 12.2. The van der Waals surface area contributed by atoms with Crippen LogP contribution in [0, 0.1) is 28.1 Å². The van der Waals surface area contributed by atoms with E-state index < -0.39 is 39.7 Å². The van der Waals surface area contributed by atoms with Gasteiger partial charge in [0, 0.05) is 30.5 Å². The maximum atomic E-state index is 12.8. The molecule has 1 fully saturated rings. The van der Waals surface area contributed by atoms with Gasteiger partial charge < -0.3 is 19.1 Å². The first-order valence-corrected chi connectivity index (χ1v) is 22.4. The standard InChI is InChI=1S/C35H66O4Si2/c1-15-16-18-25-21-26-19-17-20-27-22-28(31(2,3)4)30(37)35(29(25)36,24-39-41(13,14)33(8,9)10)34(26,27)23-38-40(11,12)32(5,6)7/h21-22,25,28-30,36-37H,15-20,23-24H2,1-14H3/t25-,28+,29-,30+,34-,35+/m0/s1. The lowest BCUT2D eigenvalue weighted by Gasteiger charge is -2.67. The first-order chi connectivity index (χ1) is 18.5. The Hall–Kier alpha value is -0.246. The molecule has 6 atom stereocenters. The molecule has 3 aliphatic rings. The van der Waals surface area contributed by atoms with Gasteiger partial charge in [0.25, 0.3) is 0 Å². The second-order valence-electron chi connectivity index (χ2n) is 17.9. The first-order valence-electron chi connectivity index (χ1n) is 16.6. The van der Waals surface area contributed by atoms with Gasteiger partial charge in [-0.25, -0.2) is 0 Å². The fraction of sp³-hybridized carbons (Fsp3) is 0.886. The van der Waals surface area contributed by atoms with E-state index in [1.807, 2.05) is 0 Å². The van der Waals surface area contributed by atoms with Crippen LogP contribution in [0.15, 0.2) is 23.3 Å². The van der Waals surface area contributed by atoms with Crippen LogP contribution in [0.2, 0.25) is 36.3 Å². The summed E-state index contributed by atoms with van der Waals surface area (Å²) in [5, 5.41) is 25.7. The molecule has 238 valence electrons. The highest BCUT2D eigenvalue weighted by Crippen LogP contribution is 2.68. The van der Waals surface area contributed by atoms with E-state index in [2.05, 4.69) is 108 Å². The molecule has 4 nitrogen and oxygen atoms in total. The summed E-state index contributed by atoms with van der Waals surface area (Å²) in [5.74, 6) is -0.0536. The normalized spacial score (nSPS) is 33.3. The van der Waals surface area contributed by atoms with Crippen LogP contribution in [0.1, 0.15) is 108 Å². The van der Waals surface area contributed by atoms with E-state index in [1.54, 1.807) is 0 Å². The minimum absolute atomic E-state index is 0.0154. The Bertz CT molecular complexity index is 993. The molecule has 0 heterocycles. The van der Waals surface area contributed by atoms with E-state index >= 15 is 0 Å². The van der Waals surface area contributed by atoms with Crippen molar-refractivity contribution in [2.24, 2.45) is 28.1 Å². The molecule has 0 aliphatic heterocycles. The summed E-state index contributed by atoms with van der Waals surface area (Å²) in [4.78, 5) is 0. The van der Waals surface area contributed by atoms with Gasteiger partial charge in [-0.05, 0) is 67.4 Å². The second-order valence-corrected chi connectivity index (χ2v) is 27.5. The van der Waals surface area contributed by atoms with Crippen molar-refractivity contribution in [1.82, 2.24) is 0 Å². The summed E-state index contributed by atoms with van der Waals surface area (Å²) in [7, 11) is -4.32. The van der Waals surface area contributed by atoms with Crippen molar-refractivity contribution in [3.63, 3.8) is 0 Å². The lowest BCUT2D eigenvalue weighted by Crippen LogP contribution is -2.71. The zero-order chi connectivity index (χ0) is 31.4. The van der Waals surface area contributed by atoms with Crippen LogP contribution in [0.4, 0.5) is 0 Å². The Morgan fingerprint density at radius 2 is 1.27 bits per heavy atom. The van der Waals surface area contributed by atoms with Gasteiger partial charge in [-0.2, -0.15) is 0 Å². The molecule has 3 aliphatic carbocycles. The molecule has 2 N–H and O–H groups in total. The quantitative estimate of drug-likeness (QED) is 0.203. The Kier molecular flexibility index (Phi) is 9.97. The molecule has 41 heavy (non-hydrogen) atoms. The molecule has 6 heteroatoms. The van der Waals surface area contributed by atoms with Gasteiger partial charge in [0.1, 0.15) is 0 Å². The van der Waals surface area contributed by atoms with Gasteiger partial charge in [0.2, 0.25) is 0 Å². The van der Waals surface area contributed by atoms with Crippen molar-refractivity contribution in [2.45, 2.75) is 156 Å². The minimum Gasteiger partial charge on any atom is -0.416 e. The number of aliphatic hydroxyl groups is 2. The van der Waals surface area contributed by atoms with Crippen molar-refractivity contribution in [2.75, 3.05) is 13.2 Å². The maximum Gasteiger partial charge on any atom is 0.192 e. The van der Waals surface area contributed by atoms with Gasteiger partial charge in [-0.1, -0.05) is 105 Å². The molecule has 0 aromatic heterocycles. The first kappa shape index (κ1) is 35.2. The van der Waals surface area contributed by atoms with E-state index in [1.165, 1.54) is 11.1 Å². The monoisotopic (exact) mass is 606 g/mol. The highest BCUT2D eigenvalue weighted by Gasteiger charge is 2.70. The fourth-order valence-corrected chi connectivity index (χ4v) is 9.27. The number of hydrogen-bond donors (Lipinski definition) is 2. The van der Waals surface area contributed by atoms with Crippen LogP contribution in [0.3, 0.4) is 0 Å². The van der Waals surface area contributed by atoms with E-state index in [9.17, 15) is 10.2 Å². The molecule has 1 saturated carbocycles. The van der Waals surface area contributed by atoms with Crippen LogP contribution in [0.25, 0.3) is 0 Å². The number of aliphatic hydroxyl groups excluding tert-OH is 2. The summed E-state index contributed by atoms with van der Waals surface area (Å²) in [5.41, 5.74) is 1.21. The van der Waals surface area contributed by atoms with Crippen molar-refractivity contribution < 1.29 is 19.1 Å². The molecule has 0 unspecified atom stereocenters. The van der Waals surface area contributed by atoms with Crippen LogP contribution in [-0.2, 0) is 8.85 Å². The highest BCUT2D eigenvalue weighted by atomic mass is 28.4. The van der Waals surface area contributed by atoms with Crippen LogP contribution >= 0.6 is 0 Å². The summed E-state index contributed by atoms with van der Waals surface area (Å²) in [6.07, 6.45) is 9.61. The van der Waals surface area contributed by atoms with Crippen molar-refractivity contribution in [1.29, 1.82) is 0 Å². The summed E-state index contributed by atoms with van der Waals surface area (Å²) in [6, 6.07) is 0. The lowest BCUT2D eigenvalue weighted by molar-refractivity contribution is -0.206. The Morgan fingerprint density at radius 3 is 1.73 bits per heavy atom. The molecule has 0 saturated heterocycles. The third-order valence-corrected chi connectivity index (χ3v) is 21.2. The van der Waals surface area contributed by atoms with Crippen LogP contribution in [-0.4, -0.2) is 52.3 Å². The summed E-state index contributed by atoms with van der Waals surface area (Å²) in [6.45, 7) is 32.8. The molecule has 0 amide bonds. The number of hydrogen-bond acceptors (Lipinski definition) is 4. The molecular formula is C35H66O4Si2. The van der Waals surface area contributed by atoms with Gasteiger partial charge >= 0.3 is 0 Å². The van der Waals surface area contributed by atoms with Crippen LogP contribution < -0.4 is 0 Å². The zero-order valence-electron chi connectivity index (χ0n) is 29.3. The third kappa shape index (κ3) is 6.05. The summed E-state index contributed by atoms with van der Waals surface area (Å²) >= 11 is 0. The van der Waals surface area contributed by atoms with Gasteiger partial charge in [0.15, 0.2) is 16.6 Å². The maximum absolute atomic E-state index is 12.8. The molecule has 0 aromatic carbocycles.